The van der Waals surface area contributed by atoms with Crippen molar-refractivity contribution >= 4 is 55.7 Å². The van der Waals surface area contributed by atoms with Crippen LogP contribution in [-0.2, 0) is 10.8 Å². The van der Waals surface area contributed by atoms with Gasteiger partial charge in [0.05, 0.1) is 0 Å². The van der Waals surface area contributed by atoms with E-state index in [4.69, 9.17) is 0 Å². The van der Waals surface area contributed by atoms with E-state index < -0.39 is 0 Å². The SMILES string of the molecule is Cc1ccc(N(c2ccccc2)c2ccc3cc4c(cc3c2)C(C)(C)c2cc3c(cc2-4)-c2cc4ccc(N(c5ccccc5)c5ccc(C)cc5)cc4cc2C3(C)C)cc1. The highest BCUT2D eigenvalue weighted by Gasteiger charge is 2.42. The molecule has 0 fully saturated rings. The Morgan fingerprint density at radius 1 is 0.283 bits per heavy atom. The van der Waals surface area contributed by atoms with Crippen molar-refractivity contribution in [2.24, 2.45) is 0 Å². The molecular formula is C58H48N2. The third-order valence-electron chi connectivity index (χ3n) is 13.5. The third kappa shape index (κ3) is 5.62. The minimum absolute atomic E-state index is 0.151. The van der Waals surface area contributed by atoms with Crippen LogP contribution in [0.5, 0.6) is 0 Å². The molecule has 290 valence electrons. The molecule has 2 heteroatoms. The van der Waals surface area contributed by atoms with E-state index in [1.54, 1.807) is 0 Å². The predicted molar refractivity (Wildman–Crippen MR) is 255 cm³/mol. The predicted octanol–water partition coefficient (Wildman–Crippen LogP) is 16.2. The van der Waals surface area contributed by atoms with Crippen molar-refractivity contribution in [3.63, 3.8) is 0 Å². The fourth-order valence-corrected chi connectivity index (χ4v) is 10.1. The molecular weight excluding hydrogens is 725 g/mol. The van der Waals surface area contributed by atoms with Gasteiger partial charge in [0, 0.05) is 45.0 Å². The van der Waals surface area contributed by atoms with Crippen LogP contribution in [0.3, 0.4) is 0 Å². The van der Waals surface area contributed by atoms with Crippen LogP contribution < -0.4 is 9.80 Å². The maximum absolute atomic E-state index is 2.56. The number of hydrogen-bond donors (Lipinski definition) is 0. The summed E-state index contributed by atoms with van der Waals surface area (Å²) in [5.41, 5.74) is 20.2. The summed E-state index contributed by atoms with van der Waals surface area (Å²) in [7, 11) is 0. The van der Waals surface area contributed by atoms with E-state index in [-0.39, 0.29) is 10.8 Å². The molecule has 0 atom stereocenters. The van der Waals surface area contributed by atoms with E-state index in [1.807, 2.05) is 0 Å². The average Bonchev–Trinajstić information content (AvgIpc) is 3.61. The fourth-order valence-electron chi connectivity index (χ4n) is 10.1. The van der Waals surface area contributed by atoms with Crippen LogP contribution in [0.2, 0.25) is 0 Å². The lowest BCUT2D eigenvalue weighted by Crippen LogP contribution is -2.18. The van der Waals surface area contributed by atoms with E-state index in [0.29, 0.717) is 0 Å². The molecule has 0 spiro atoms. The topological polar surface area (TPSA) is 6.48 Å². The number of rotatable bonds is 6. The largest absolute Gasteiger partial charge is 0.310 e. The normalized spacial score (nSPS) is 14.1. The van der Waals surface area contributed by atoms with Crippen LogP contribution in [-0.4, -0.2) is 0 Å². The molecule has 0 saturated heterocycles. The molecule has 0 amide bonds. The fraction of sp³-hybridized carbons (Fsp3) is 0.138. The third-order valence-corrected chi connectivity index (χ3v) is 13.5. The van der Waals surface area contributed by atoms with Gasteiger partial charge in [0.1, 0.15) is 0 Å². The zero-order valence-corrected chi connectivity index (χ0v) is 35.2. The standard InChI is InChI=1S/C58H48N2/c1-37-17-23-45(24-18-37)59(43-13-9-7-10-14-43)47-27-21-39-31-49-51-35-52-50-32-40-22-28-48(60(44-15-11-8-12-16-44)46-25-19-38(2)20-26-46)30-42(40)34-54(50)58(5,6)56(52)36-55(51)57(3,4)53(49)33-41(39)29-47/h7-36H,1-6H3. The van der Waals surface area contributed by atoms with Crippen LogP contribution in [0.25, 0.3) is 43.8 Å². The van der Waals surface area contributed by atoms with E-state index in [1.165, 1.54) is 77.2 Å². The summed E-state index contributed by atoms with van der Waals surface area (Å²) < 4.78 is 0. The molecule has 0 aromatic heterocycles. The Labute approximate surface area is 354 Å². The Morgan fingerprint density at radius 3 is 1.02 bits per heavy atom. The lowest BCUT2D eigenvalue weighted by atomic mass is 9.77. The lowest BCUT2D eigenvalue weighted by Gasteiger charge is -2.27. The number of aryl methyl sites for hydroxylation is 2. The summed E-state index contributed by atoms with van der Waals surface area (Å²) in [4.78, 5) is 4.73. The summed E-state index contributed by atoms with van der Waals surface area (Å²) >= 11 is 0. The van der Waals surface area contributed by atoms with Crippen LogP contribution in [0.15, 0.2) is 182 Å². The summed E-state index contributed by atoms with van der Waals surface area (Å²) in [5.74, 6) is 0. The highest BCUT2D eigenvalue weighted by atomic mass is 15.1. The summed E-state index contributed by atoms with van der Waals surface area (Å²) in [6.45, 7) is 14.0. The first-order chi connectivity index (χ1) is 29.0. The zero-order chi connectivity index (χ0) is 40.9. The molecule has 2 nitrogen and oxygen atoms in total. The molecule has 0 unspecified atom stereocenters. The lowest BCUT2D eigenvalue weighted by molar-refractivity contribution is 0.640. The molecule has 0 bridgehead atoms. The van der Waals surface area contributed by atoms with Gasteiger partial charge in [-0.25, -0.2) is 0 Å². The maximum atomic E-state index is 2.56. The molecule has 0 radical (unpaired) electrons. The first-order valence-electron chi connectivity index (χ1n) is 21.2. The highest BCUT2D eigenvalue weighted by molar-refractivity contribution is 6.00. The maximum Gasteiger partial charge on any atom is 0.0468 e. The molecule has 0 heterocycles. The van der Waals surface area contributed by atoms with Gasteiger partial charge in [0.15, 0.2) is 0 Å². The molecule has 0 saturated carbocycles. The number of fused-ring (bicyclic) bond motifs is 8. The first kappa shape index (κ1) is 36.2. The number of hydrogen-bond acceptors (Lipinski definition) is 2. The van der Waals surface area contributed by atoms with Crippen molar-refractivity contribution < 1.29 is 0 Å². The van der Waals surface area contributed by atoms with Gasteiger partial charge in [-0.05, 0) is 183 Å². The second-order valence-electron chi connectivity index (χ2n) is 18.1. The molecule has 11 rings (SSSR count). The summed E-state index contributed by atoms with van der Waals surface area (Å²) in [6, 6.07) is 67.9. The van der Waals surface area contributed by atoms with Gasteiger partial charge in [-0.15, -0.1) is 0 Å². The van der Waals surface area contributed by atoms with Crippen LogP contribution in [0, 0.1) is 13.8 Å². The highest BCUT2D eigenvalue weighted by Crippen LogP contribution is 2.57. The van der Waals surface area contributed by atoms with Gasteiger partial charge in [-0.1, -0.05) is 118 Å². The second-order valence-corrected chi connectivity index (χ2v) is 18.1. The molecule has 2 aliphatic rings. The van der Waals surface area contributed by atoms with Gasteiger partial charge in [-0.3, -0.25) is 0 Å². The molecule has 9 aromatic carbocycles. The summed E-state index contributed by atoms with van der Waals surface area (Å²) in [6.07, 6.45) is 0. The zero-order valence-electron chi connectivity index (χ0n) is 35.2. The van der Waals surface area contributed by atoms with Crippen molar-refractivity contribution in [3.8, 4) is 22.3 Å². The molecule has 0 N–H and O–H groups in total. The van der Waals surface area contributed by atoms with Crippen LogP contribution in [0.1, 0.15) is 61.1 Å². The van der Waals surface area contributed by atoms with Crippen molar-refractivity contribution in [1.29, 1.82) is 0 Å². The van der Waals surface area contributed by atoms with Crippen LogP contribution >= 0.6 is 0 Å². The van der Waals surface area contributed by atoms with E-state index in [2.05, 4.69) is 233 Å². The minimum atomic E-state index is -0.151. The Balaban J connectivity index is 1.01. The number of benzene rings is 9. The van der Waals surface area contributed by atoms with E-state index in [0.717, 1.165) is 34.1 Å². The van der Waals surface area contributed by atoms with Crippen molar-refractivity contribution in [1.82, 2.24) is 0 Å². The number of nitrogens with zero attached hydrogens (tertiary/aromatic N) is 2. The quantitative estimate of drug-likeness (QED) is 0.166. The minimum Gasteiger partial charge on any atom is -0.310 e. The number of para-hydroxylation sites is 2. The Morgan fingerprint density at radius 2 is 0.617 bits per heavy atom. The first-order valence-corrected chi connectivity index (χ1v) is 21.2. The molecule has 2 aliphatic carbocycles. The van der Waals surface area contributed by atoms with Gasteiger partial charge in [0.25, 0.3) is 0 Å². The van der Waals surface area contributed by atoms with Gasteiger partial charge in [-0.2, -0.15) is 0 Å². The van der Waals surface area contributed by atoms with Gasteiger partial charge >= 0.3 is 0 Å². The van der Waals surface area contributed by atoms with Gasteiger partial charge < -0.3 is 9.80 Å². The molecule has 60 heavy (non-hydrogen) atoms. The van der Waals surface area contributed by atoms with Crippen LogP contribution in [0.4, 0.5) is 34.1 Å². The summed E-state index contributed by atoms with van der Waals surface area (Å²) in [5, 5.41) is 5.04. The average molecular weight is 773 g/mol. The second kappa shape index (κ2) is 13.3. The Hall–Kier alpha value is -6.90. The van der Waals surface area contributed by atoms with Crippen molar-refractivity contribution in [2.45, 2.75) is 52.4 Å². The van der Waals surface area contributed by atoms with Crippen molar-refractivity contribution in [2.75, 3.05) is 9.80 Å². The number of anilines is 6. The van der Waals surface area contributed by atoms with Crippen molar-refractivity contribution in [3.05, 3.63) is 215 Å². The van der Waals surface area contributed by atoms with E-state index >= 15 is 0 Å². The monoisotopic (exact) mass is 772 g/mol. The Kier molecular flexibility index (Phi) is 8.03. The van der Waals surface area contributed by atoms with Gasteiger partial charge in [0.2, 0.25) is 0 Å². The van der Waals surface area contributed by atoms with E-state index in [9.17, 15) is 0 Å². The molecule has 0 aliphatic heterocycles. The smallest absolute Gasteiger partial charge is 0.0468 e. The Bertz CT molecular complexity index is 2930. The molecule has 9 aromatic rings.